The van der Waals surface area contributed by atoms with E-state index in [9.17, 15) is 20.1 Å². The minimum Gasteiger partial charge on any atom is -0.392 e. The van der Waals surface area contributed by atoms with Crippen molar-refractivity contribution in [1.29, 1.82) is 1.43 Å². The van der Waals surface area contributed by atoms with Gasteiger partial charge in [0.25, 0.3) is 0 Å². The summed E-state index contributed by atoms with van der Waals surface area (Å²) < 4.78 is 13.3. The van der Waals surface area contributed by atoms with Crippen LogP contribution >= 0.6 is 0 Å². The summed E-state index contributed by atoms with van der Waals surface area (Å²) in [6, 6.07) is 0. The van der Waals surface area contributed by atoms with Crippen LogP contribution in [0.15, 0.2) is 11.1 Å². The first-order valence-electron chi connectivity index (χ1n) is 10.8. The number of ketones is 1. The Labute approximate surface area is 168 Å². The maximum absolute atomic E-state index is 14.0. The highest BCUT2D eigenvalue weighted by Gasteiger charge is 2.73. The standard InChI is InChI=1S/C22H34O6/c1-10-13(23)8-22(27)12(3)17-20(6,14(24)7-15-21(17,26)9-28-15)18(25)11(2)16(10)19(22,4)5/h11-15,17,23-24,26-27H,7-9H2,1-6H3/t11-,12?,13+,14+,15-,17?,20-,21+,22-/m1/s1/i24T. The number of Topliss-reactive ketones (excluding diaryl/α,β-unsaturated/α-hetero) is 1. The van der Waals surface area contributed by atoms with Crippen LogP contribution in [0, 0.1) is 28.6 Å². The highest BCUT2D eigenvalue weighted by Crippen LogP contribution is 2.64. The first-order chi connectivity index (χ1) is 13.3. The van der Waals surface area contributed by atoms with E-state index in [0.29, 0.717) is 0 Å². The maximum atomic E-state index is 14.0. The molecule has 0 aromatic heterocycles. The van der Waals surface area contributed by atoms with Gasteiger partial charge in [-0.15, -0.1) is 0 Å². The molecule has 4 aliphatic rings. The predicted molar refractivity (Wildman–Crippen MR) is 102 cm³/mol. The van der Waals surface area contributed by atoms with Gasteiger partial charge >= 0.3 is 0 Å². The molecule has 0 amide bonds. The third-order valence-electron chi connectivity index (χ3n) is 9.15. The van der Waals surface area contributed by atoms with Crippen LogP contribution in [0.1, 0.15) is 54.4 Å². The van der Waals surface area contributed by atoms with Crippen LogP contribution in [0.2, 0.25) is 0 Å². The Morgan fingerprint density at radius 1 is 1.21 bits per heavy atom. The molecule has 158 valence electrons. The fourth-order valence-electron chi connectivity index (χ4n) is 7.48. The number of ether oxygens (including phenoxy) is 1. The van der Waals surface area contributed by atoms with Crippen LogP contribution < -0.4 is 0 Å². The second kappa shape index (κ2) is 5.67. The molecule has 28 heavy (non-hydrogen) atoms. The number of fused-ring (bicyclic) bond motifs is 5. The first-order valence-corrected chi connectivity index (χ1v) is 10.4. The molecule has 4 rings (SSSR count). The van der Waals surface area contributed by atoms with Crippen LogP contribution in [0.25, 0.3) is 0 Å². The van der Waals surface area contributed by atoms with Crippen molar-refractivity contribution in [3.8, 4) is 0 Å². The zero-order valence-corrected chi connectivity index (χ0v) is 17.7. The van der Waals surface area contributed by atoms with Crippen molar-refractivity contribution in [2.24, 2.45) is 28.6 Å². The Hall–Kier alpha value is -0.790. The monoisotopic (exact) mass is 396 g/mol. The second-order valence-corrected chi connectivity index (χ2v) is 10.5. The summed E-state index contributed by atoms with van der Waals surface area (Å²) in [6.07, 6.45) is -1.72. The van der Waals surface area contributed by atoms with Crippen molar-refractivity contribution in [2.75, 3.05) is 6.61 Å². The van der Waals surface area contributed by atoms with Crippen LogP contribution in [0.3, 0.4) is 0 Å². The average molecular weight is 397 g/mol. The molecule has 9 atom stereocenters. The zero-order chi connectivity index (χ0) is 21.7. The first kappa shape index (κ1) is 19.2. The summed E-state index contributed by atoms with van der Waals surface area (Å²) in [6.45, 7) is 11.2. The predicted octanol–water partition coefficient (Wildman–Crippen LogP) is 1.20. The van der Waals surface area contributed by atoms with E-state index in [0.717, 1.165) is 11.1 Å². The number of carbonyl (C=O) groups excluding carboxylic acids is 1. The van der Waals surface area contributed by atoms with Gasteiger partial charge in [0.1, 0.15) is 11.4 Å². The smallest absolute Gasteiger partial charge is 0.210 e. The lowest BCUT2D eigenvalue weighted by molar-refractivity contribution is -0.335. The average Bonchev–Trinajstić information content (AvgIpc) is 2.63. The highest BCUT2D eigenvalue weighted by molar-refractivity contribution is 5.91. The van der Waals surface area contributed by atoms with E-state index in [1.807, 2.05) is 34.6 Å². The number of hydrogen-bond donors (Lipinski definition) is 4. The Balaban J connectivity index is 2.02. The number of aliphatic hydroxyl groups excluding tert-OH is 2. The van der Waals surface area contributed by atoms with Gasteiger partial charge in [-0.1, -0.05) is 27.7 Å². The molecule has 2 unspecified atom stereocenters. The van der Waals surface area contributed by atoms with Gasteiger partial charge in [0.2, 0.25) is 1.43 Å². The van der Waals surface area contributed by atoms with Crippen molar-refractivity contribution >= 4 is 5.78 Å². The summed E-state index contributed by atoms with van der Waals surface area (Å²) >= 11 is 0. The fraction of sp³-hybridized carbons (Fsp3) is 0.864. The van der Waals surface area contributed by atoms with E-state index in [4.69, 9.17) is 11.3 Å². The normalized spacial score (nSPS) is 56.0. The Bertz CT molecular complexity index is 779. The van der Waals surface area contributed by atoms with Gasteiger partial charge in [-0.05, 0) is 30.9 Å². The van der Waals surface area contributed by atoms with Gasteiger partial charge in [0.15, 0.2) is 0 Å². The molecule has 4 N–H and O–H groups in total. The topological polar surface area (TPSA) is 107 Å². The largest absolute Gasteiger partial charge is 0.392 e. The summed E-state index contributed by atoms with van der Waals surface area (Å²) in [7, 11) is 0. The Morgan fingerprint density at radius 2 is 1.86 bits per heavy atom. The SMILES string of the molecule is [3H]O[C@H]1C[C@H]2OC[C@@]2(O)C2C(C)[C@]3(O)C[C@H](O)C(C)=C([C@@H](C)C(=O)[C@@]21C)C3(C)C. The van der Waals surface area contributed by atoms with Crippen molar-refractivity contribution in [1.82, 2.24) is 0 Å². The number of rotatable bonds is 1. The van der Waals surface area contributed by atoms with Crippen LogP contribution in [-0.4, -0.2) is 63.8 Å². The summed E-state index contributed by atoms with van der Waals surface area (Å²) in [5.74, 6) is -1.88. The van der Waals surface area contributed by atoms with Gasteiger partial charge in [0, 0.05) is 30.1 Å². The molecule has 0 radical (unpaired) electrons. The van der Waals surface area contributed by atoms with Gasteiger partial charge in [0.05, 0.1) is 35.9 Å². The minimum absolute atomic E-state index is 0.0927. The minimum atomic E-state index is -1.35. The molecule has 2 bridgehead atoms. The van der Waals surface area contributed by atoms with E-state index in [1.165, 1.54) is 0 Å². The van der Waals surface area contributed by atoms with Crippen molar-refractivity contribution in [2.45, 2.75) is 83.9 Å². The lowest BCUT2D eigenvalue weighted by Gasteiger charge is -2.67. The third-order valence-corrected chi connectivity index (χ3v) is 9.15. The summed E-state index contributed by atoms with van der Waals surface area (Å²) in [5.41, 5.74) is -3.05. The van der Waals surface area contributed by atoms with Gasteiger partial charge in [-0.2, -0.15) is 0 Å². The quantitative estimate of drug-likeness (QED) is 0.496. The van der Waals surface area contributed by atoms with Gasteiger partial charge in [-0.3, -0.25) is 4.79 Å². The molecule has 1 heterocycles. The lowest BCUT2D eigenvalue weighted by atomic mass is 9.42. The molecule has 3 aliphatic carbocycles. The Morgan fingerprint density at radius 3 is 2.39 bits per heavy atom. The highest BCUT2D eigenvalue weighted by atomic mass is 16.6. The third kappa shape index (κ3) is 2.04. The summed E-state index contributed by atoms with van der Waals surface area (Å²) in [5, 5.41) is 39.6. The maximum Gasteiger partial charge on any atom is 0.210 e. The summed E-state index contributed by atoms with van der Waals surface area (Å²) in [4.78, 5) is 14.0. The molecule has 1 aliphatic heterocycles. The fourth-order valence-corrected chi connectivity index (χ4v) is 7.48. The van der Waals surface area contributed by atoms with Crippen LogP contribution in [-0.2, 0) is 9.53 Å². The zero-order valence-electron chi connectivity index (χ0n) is 18.7. The molecular weight excluding hydrogens is 360 g/mol. The molecule has 0 aromatic carbocycles. The molecule has 0 aromatic rings. The number of aliphatic hydroxyl groups is 4. The van der Waals surface area contributed by atoms with E-state index in [-0.39, 0.29) is 25.2 Å². The van der Waals surface area contributed by atoms with Crippen molar-refractivity contribution in [3.63, 3.8) is 0 Å². The van der Waals surface area contributed by atoms with E-state index in [2.05, 4.69) is 0 Å². The van der Waals surface area contributed by atoms with Crippen molar-refractivity contribution in [3.05, 3.63) is 11.1 Å². The Kier molecular flexibility index (Phi) is 3.88. The number of carbonyl (C=O) groups is 1. The van der Waals surface area contributed by atoms with Gasteiger partial charge in [-0.25, -0.2) is 0 Å². The molecular formula is C22H34O6. The molecule has 6 nitrogen and oxygen atoms in total. The van der Waals surface area contributed by atoms with Crippen molar-refractivity contribution < 1.29 is 30.0 Å². The number of hydrogen-bond acceptors (Lipinski definition) is 6. The molecule has 0 spiro atoms. The molecule has 2 saturated carbocycles. The van der Waals surface area contributed by atoms with E-state index < -0.39 is 58.1 Å². The van der Waals surface area contributed by atoms with Crippen LogP contribution in [0.4, 0.5) is 0 Å². The van der Waals surface area contributed by atoms with E-state index in [1.54, 1.807) is 6.92 Å². The second-order valence-electron chi connectivity index (χ2n) is 10.5. The molecule has 3 fully saturated rings. The van der Waals surface area contributed by atoms with Gasteiger partial charge < -0.3 is 25.2 Å². The van der Waals surface area contributed by atoms with Crippen LogP contribution in [0.5, 0.6) is 0 Å². The van der Waals surface area contributed by atoms with E-state index >= 15 is 0 Å². The molecule has 6 heteroatoms. The molecule has 1 saturated heterocycles. The lowest BCUT2D eigenvalue weighted by Crippen LogP contribution is -2.78.